The fourth-order valence-electron chi connectivity index (χ4n) is 1.33. The van der Waals surface area contributed by atoms with Crippen molar-refractivity contribution in [3.8, 4) is 0 Å². The molecule has 0 amide bonds. The van der Waals surface area contributed by atoms with Gasteiger partial charge in [-0.15, -0.1) is 0 Å². The van der Waals surface area contributed by atoms with Crippen LogP contribution < -0.4 is 0 Å². The SMILES string of the molecule is Fc1cc(Br)c(CBr)cc1F.Fc1cc(Br)c(CBr)cc1F. The molecule has 120 valence electrons. The molecule has 0 fully saturated rings. The van der Waals surface area contributed by atoms with Crippen LogP contribution in [0.25, 0.3) is 0 Å². The molecule has 0 unspecified atom stereocenters. The van der Waals surface area contributed by atoms with Gasteiger partial charge < -0.3 is 0 Å². The van der Waals surface area contributed by atoms with Crippen LogP contribution in [0.5, 0.6) is 0 Å². The molecule has 0 nitrogen and oxygen atoms in total. The van der Waals surface area contributed by atoms with Gasteiger partial charge in [0.25, 0.3) is 0 Å². The molecule has 0 bridgehead atoms. The van der Waals surface area contributed by atoms with E-state index >= 15 is 0 Å². The second-order valence-corrected chi connectivity index (χ2v) is 6.81. The van der Waals surface area contributed by atoms with E-state index in [2.05, 4.69) is 63.7 Å². The van der Waals surface area contributed by atoms with Crippen molar-refractivity contribution in [1.82, 2.24) is 0 Å². The highest BCUT2D eigenvalue weighted by atomic mass is 79.9. The second-order valence-electron chi connectivity index (χ2n) is 3.98. The molecule has 0 saturated carbocycles. The predicted molar refractivity (Wildman–Crippen MR) is 93.4 cm³/mol. The van der Waals surface area contributed by atoms with Gasteiger partial charge in [0.15, 0.2) is 23.3 Å². The molecule has 0 aliphatic rings. The highest BCUT2D eigenvalue weighted by molar-refractivity contribution is 9.11. The third-order valence-electron chi connectivity index (χ3n) is 2.47. The molecular formula is C14H8Br4F4. The Balaban J connectivity index is 0.000000220. The minimum atomic E-state index is -0.832. The Kier molecular flexibility index (Phi) is 8.59. The fraction of sp³-hybridized carbons (Fsp3) is 0.143. The van der Waals surface area contributed by atoms with Crippen LogP contribution in [-0.4, -0.2) is 0 Å². The van der Waals surface area contributed by atoms with E-state index in [0.717, 1.165) is 24.3 Å². The number of hydrogen-bond acceptors (Lipinski definition) is 0. The lowest BCUT2D eigenvalue weighted by Gasteiger charge is -2.00. The molecule has 0 aliphatic heterocycles. The average molecular weight is 572 g/mol. The van der Waals surface area contributed by atoms with E-state index in [4.69, 9.17) is 0 Å². The summed E-state index contributed by atoms with van der Waals surface area (Å²) >= 11 is 12.5. The van der Waals surface area contributed by atoms with Crippen molar-refractivity contribution < 1.29 is 17.6 Å². The smallest absolute Gasteiger partial charge is 0.159 e. The predicted octanol–water partition coefficient (Wildman–Crippen LogP) is 7.24. The maximum Gasteiger partial charge on any atom is 0.159 e. The van der Waals surface area contributed by atoms with Crippen LogP contribution >= 0.6 is 63.7 Å². The van der Waals surface area contributed by atoms with E-state index in [9.17, 15) is 17.6 Å². The number of hydrogen-bond donors (Lipinski definition) is 0. The Morgan fingerprint density at radius 1 is 0.591 bits per heavy atom. The van der Waals surface area contributed by atoms with Crippen LogP contribution in [0.1, 0.15) is 11.1 Å². The molecule has 8 heteroatoms. The molecule has 2 rings (SSSR count). The second kappa shape index (κ2) is 9.39. The van der Waals surface area contributed by atoms with Crippen LogP contribution in [0.15, 0.2) is 33.2 Å². The van der Waals surface area contributed by atoms with Gasteiger partial charge in [-0.25, -0.2) is 17.6 Å². The Morgan fingerprint density at radius 2 is 0.864 bits per heavy atom. The summed E-state index contributed by atoms with van der Waals surface area (Å²) in [6.45, 7) is 0. The van der Waals surface area contributed by atoms with Crippen molar-refractivity contribution >= 4 is 63.7 Å². The van der Waals surface area contributed by atoms with E-state index in [1.54, 1.807) is 0 Å². The van der Waals surface area contributed by atoms with Gasteiger partial charge in [-0.2, -0.15) is 0 Å². The summed E-state index contributed by atoms with van der Waals surface area (Å²) in [4.78, 5) is 0. The third kappa shape index (κ3) is 5.62. The average Bonchev–Trinajstić information content (AvgIpc) is 2.47. The van der Waals surface area contributed by atoms with E-state index < -0.39 is 23.3 Å². The molecule has 0 aromatic heterocycles. The first kappa shape index (κ1) is 20.1. The normalized spacial score (nSPS) is 10.2. The summed E-state index contributed by atoms with van der Waals surface area (Å²) in [6, 6.07) is 4.56. The monoisotopic (exact) mass is 568 g/mol. The van der Waals surface area contributed by atoms with Gasteiger partial charge in [0.05, 0.1) is 0 Å². The molecule has 0 heterocycles. The molecule has 22 heavy (non-hydrogen) atoms. The fourth-order valence-corrected chi connectivity index (χ4v) is 3.92. The van der Waals surface area contributed by atoms with Crippen LogP contribution in [0.2, 0.25) is 0 Å². The first-order valence-corrected chi connectivity index (χ1v) is 9.51. The van der Waals surface area contributed by atoms with Crippen molar-refractivity contribution in [2.75, 3.05) is 0 Å². The van der Waals surface area contributed by atoms with Crippen molar-refractivity contribution in [3.05, 3.63) is 67.6 Å². The number of halogens is 8. The standard InChI is InChI=1S/2C7H4Br2F2/c2*8-3-4-1-6(10)7(11)2-5(4)9/h2*1-2H,3H2. The van der Waals surface area contributed by atoms with Crippen LogP contribution in [0.3, 0.4) is 0 Å². The molecule has 0 atom stereocenters. The van der Waals surface area contributed by atoms with Gasteiger partial charge >= 0.3 is 0 Å². The van der Waals surface area contributed by atoms with Gasteiger partial charge in [0.1, 0.15) is 0 Å². The summed E-state index contributed by atoms with van der Waals surface area (Å²) in [5, 5.41) is 1.01. The molecule has 2 aromatic carbocycles. The lowest BCUT2D eigenvalue weighted by molar-refractivity contribution is 0.507. The van der Waals surface area contributed by atoms with Crippen molar-refractivity contribution in [1.29, 1.82) is 0 Å². The van der Waals surface area contributed by atoms with E-state index in [-0.39, 0.29) is 0 Å². The van der Waals surface area contributed by atoms with Gasteiger partial charge in [0, 0.05) is 19.6 Å². The van der Waals surface area contributed by atoms with Crippen LogP contribution in [-0.2, 0) is 10.7 Å². The zero-order valence-corrected chi connectivity index (χ0v) is 17.1. The quantitative estimate of drug-likeness (QED) is 0.202. The highest BCUT2D eigenvalue weighted by Crippen LogP contribution is 2.23. The third-order valence-corrected chi connectivity index (χ3v) is 5.15. The van der Waals surface area contributed by atoms with Gasteiger partial charge in [-0.1, -0.05) is 63.7 Å². The van der Waals surface area contributed by atoms with Crippen molar-refractivity contribution in [2.45, 2.75) is 10.7 Å². The number of alkyl halides is 2. The minimum Gasteiger partial charge on any atom is -0.204 e. The first-order valence-electron chi connectivity index (χ1n) is 5.68. The van der Waals surface area contributed by atoms with Gasteiger partial charge in [-0.3, -0.25) is 0 Å². The lowest BCUT2D eigenvalue weighted by atomic mass is 10.2. The molecule has 0 N–H and O–H groups in total. The Labute approximate surface area is 158 Å². The zero-order chi connectivity index (χ0) is 16.9. The first-order chi connectivity index (χ1) is 10.3. The lowest BCUT2D eigenvalue weighted by Crippen LogP contribution is -1.88. The Morgan fingerprint density at radius 3 is 1.14 bits per heavy atom. The topological polar surface area (TPSA) is 0 Å². The van der Waals surface area contributed by atoms with Crippen LogP contribution in [0.4, 0.5) is 17.6 Å². The summed E-state index contributed by atoms with van der Waals surface area (Å²) in [6.07, 6.45) is 0. The Bertz CT molecular complexity index is 604. The van der Waals surface area contributed by atoms with E-state index in [1.807, 2.05) is 0 Å². The summed E-state index contributed by atoms with van der Waals surface area (Å²) in [5.41, 5.74) is 1.40. The molecular weight excluding hydrogens is 564 g/mol. The number of rotatable bonds is 2. The minimum absolute atomic E-state index is 0.505. The van der Waals surface area contributed by atoms with Gasteiger partial charge in [-0.05, 0) is 35.4 Å². The van der Waals surface area contributed by atoms with E-state index in [1.165, 1.54) is 0 Å². The maximum atomic E-state index is 12.5. The Hall–Kier alpha value is 0.0800. The molecule has 0 aliphatic carbocycles. The van der Waals surface area contributed by atoms with Crippen molar-refractivity contribution in [3.63, 3.8) is 0 Å². The maximum absolute atomic E-state index is 12.5. The van der Waals surface area contributed by atoms with Crippen LogP contribution in [0, 0.1) is 23.3 Å². The van der Waals surface area contributed by atoms with Gasteiger partial charge in [0.2, 0.25) is 0 Å². The van der Waals surface area contributed by atoms with Crippen molar-refractivity contribution in [2.24, 2.45) is 0 Å². The largest absolute Gasteiger partial charge is 0.204 e. The number of benzene rings is 2. The summed E-state index contributed by atoms with van der Waals surface area (Å²) in [5.74, 6) is -3.30. The summed E-state index contributed by atoms with van der Waals surface area (Å²) < 4.78 is 51.2. The molecule has 0 saturated heterocycles. The zero-order valence-electron chi connectivity index (χ0n) is 10.7. The summed E-state index contributed by atoms with van der Waals surface area (Å²) in [7, 11) is 0. The molecule has 2 aromatic rings. The molecule has 0 spiro atoms. The molecule has 0 radical (unpaired) electrons. The highest BCUT2D eigenvalue weighted by Gasteiger charge is 2.06. The van der Waals surface area contributed by atoms with E-state index in [0.29, 0.717) is 30.7 Å².